The van der Waals surface area contributed by atoms with Crippen LogP contribution in [0.1, 0.15) is 12.5 Å². The molecule has 5 nitrogen and oxygen atoms in total. The van der Waals surface area contributed by atoms with Crippen molar-refractivity contribution in [2.24, 2.45) is 7.05 Å². The van der Waals surface area contributed by atoms with E-state index in [1.165, 1.54) is 5.56 Å². The van der Waals surface area contributed by atoms with Crippen LogP contribution in [0.4, 0.5) is 0 Å². The van der Waals surface area contributed by atoms with E-state index in [9.17, 15) is 0 Å². The van der Waals surface area contributed by atoms with E-state index < -0.39 is 0 Å². The van der Waals surface area contributed by atoms with Crippen molar-refractivity contribution in [2.75, 3.05) is 13.7 Å². The third-order valence-electron chi connectivity index (χ3n) is 2.87. The van der Waals surface area contributed by atoms with Gasteiger partial charge in [-0.05, 0) is 30.3 Å². The Bertz CT molecular complexity index is 521. The topological polar surface area (TPSA) is 52.0 Å². The van der Waals surface area contributed by atoms with E-state index in [0.717, 1.165) is 30.1 Å². The predicted molar refractivity (Wildman–Crippen MR) is 70.4 cm³/mol. The zero-order valence-electron chi connectivity index (χ0n) is 11.0. The number of aromatic nitrogens is 3. The quantitative estimate of drug-likeness (QED) is 0.870. The van der Waals surface area contributed by atoms with Gasteiger partial charge in [-0.15, -0.1) is 5.10 Å². The van der Waals surface area contributed by atoms with Gasteiger partial charge in [-0.2, -0.15) is 0 Å². The SMILES string of the molecule is CCNCc1cc(OC)ccc1-c1cnnn1C. The lowest BCUT2D eigenvalue weighted by molar-refractivity contribution is 0.414. The number of nitrogens with zero attached hydrogens (tertiary/aromatic N) is 3. The smallest absolute Gasteiger partial charge is 0.119 e. The van der Waals surface area contributed by atoms with Crippen molar-refractivity contribution in [3.63, 3.8) is 0 Å². The van der Waals surface area contributed by atoms with Crippen molar-refractivity contribution >= 4 is 0 Å². The third kappa shape index (κ3) is 2.51. The summed E-state index contributed by atoms with van der Waals surface area (Å²) in [5, 5.41) is 11.2. The monoisotopic (exact) mass is 246 g/mol. The molecular weight excluding hydrogens is 228 g/mol. The van der Waals surface area contributed by atoms with E-state index in [1.54, 1.807) is 18.0 Å². The van der Waals surface area contributed by atoms with Crippen molar-refractivity contribution in [3.8, 4) is 17.0 Å². The molecule has 0 aliphatic heterocycles. The number of nitrogens with one attached hydrogen (secondary N) is 1. The van der Waals surface area contributed by atoms with Gasteiger partial charge in [0.15, 0.2) is 0 Å². The minimum absolute atomic E-state index is 0.800. The normalized spacial score (nSPS) is 10.6. The molecule has 0 fully saturated rings. The molecule has 0 aliphatic carbocycles. The summed E-state index contributed by atoms with van der Waals surface area (Å²) in [6, 6.07) is 6.05. The Labute approximate surface area is 107 Å². The maximum atomic E-state index is 5.27. The van der Waals surface area contributed by atoms with Gasteiger partial charge in [-0.25, -0.2) is 4.68 Å². The molecule has 0 bridgehead atoms. The summed E-state index contributed by atoms with van der Waals surface area (Å²) in [5.74, 6) is 0.863. The van der Waals surface area contributed by atoms with E-state index >= 15 is 0 Å². The molecule has 5 heteroatoms. The summed E-state index contributed by atoms with van der Waals surface area (Å²) < 4.78 is 7.05. The lowest BCUT2D eigenvalue weighted by Crippen LogP contribution is -2.13. The van der Waals surface area contributed by atoms with Gasteiger partial charge in [-0.1, -0.05) is 12.1 Å². The first-order valence-corrected chi connectivity index (χ1v) is 5.99. The van der Waals surface area contributed by atoms with Crippen molar-refractivity contribution < 1.29 is 4.74 Å². The lowest BCUT2D eigenvalue weighted by atomic mass is 10.0. The van der Waals surface area contributed by atoms with Crippen LogP contribution in [0.15, 0.2) is 24.4 Å². The van der Waals surface area contributed by atoms with Crippen LogP contribution in [0.25, 0.3) is 11.3 Å². The lowest BCUT2D eigenvalue weighted by Gasteiger charge is -2.11. The summed E-state index contributed by atoms with van der Waals surface area (Å²) in [6.45, 7) is 3.82. The second-order valence-electron chi connectivity index (χ2n) is 4.05. The van der Waals surface area contributed by atoms with Crippen LogP contribution in [-0.2, 0) is 13.6 Å². The molecule has 0 spiro atoms. The van der Waals surface area contributed by atoms with Gasteiger partial charge < -0.3 is 10.1 Å². The van der Waals surface area contributed by atoms with Crippen molar-refractivity contribution in [3.05, 3.63) is 30.0 Å². The van der Waals surface area contributed by atoms with Gasteiger partial charge in [0.05, 0.1) is 19.0 Å². The van der Waals surface area contributed by atoms with Crippen LogP contribution >= 0.6 is 0 Å². The van der Waals surface area contributed by atoms with Crippen LogP contribution in [-0.4, -0.2) is 28.6 Å². The number of methoxy groups -OCH3 is 1. The number of rotatable bonds is 5. The van der Waals surface area contributed by atoms with Crippen molar-refractivity contribution in [2.45, 2.75) is 13.5 Å². The molecule has 0 unspecified atom stereocenters. The largest absolute Gasteiger partial charge is 0.497 e. The van der Waals surface area contributed by atoms with E-state index in [2.05, 4.69) is 22.6 Å². The minimum Gasteiger partial charge on any atom is -0.497 e. The van der Waals surface area contributed by atoms with Gasteiger partial charge >= 0.3 is 0 Å². The Morgan fingerprint density at radius 3 is 2.83 bits per heavy atom. The van der Waals surface area contributed by atoms with E-state index in [0.29, 0.717) is 0 Å². The maximum absolute atomic E-state index is 5.27. The Morgan fingerprint density at radius 1 is 1.39 bits per heavy atom. The Hall–Kier alpha value is -1.88. The molecule has 0 radical (unpaired) electrons. The summed E-state index contributed by atoms with van der Waals surface area (Å²) in [7, 11) is 3.57. The van der Waals surface area contributed by atoms with Crippen molar-refractivity contribution in [1.82, 2.24) is 20.3 Å². The number of ether oxygens (including phenoxy) is 1. The second kappa shape index (κ2) is 5.64. The van der Waals surface area contributed by atoms with Gasteiger partial charge in [0.2, 0.25) is 0 Å². The first kappa shape index (κ1) is 12.6. The highest BCUT2D eigenvalue weighted by Gasteiger charge is 2.10. The standard InChI is InChI=1S/C13H18N4O/c1-4-14-8-10-7-11(18-3)5-6-12(10)13-9-15-16-17(13)2/h5-7,9,14H,4,8H2,1-3H3. The van der Waals surface area contributed by atoms with Gasteiger partial charge in [0.25, 0.3) is 0 Å². The summed E-state index contributed by atoms with van der Waals surface area (Å²) >= 11 is 0. The molecule has 1 N–H and O–H groups in total. The van der Waals surface area contributed by atoms with Gasteiger partial charge in [0.1, 0.15) is 5.75 Å². The van der Waals surface area contributed by atoms with Crippen LogP contribution in [0.5, 0.6) is 5.75 Å². The zero-order chi connectivity index (χ0) is 13.0. The second-order valence-corrected chi connectivity index (χ2v) is 4.05. The number of aryl methyl sites for hydroxylation is 1. The maximum Gasteiger partial charge on any atom is 0.119 e. The molecule has 18 heavy (non-hydrogen) atoms. The highest BCUT2D eigenvalue weighted by molar-refractivity contribution is 5.64. The fraction of sp³-hybridized carbons (Fsp3) is 0.385. The van der Waals surface area contributed by atoms with Crippen LogP contribution < -0.4 is 10.1 Å². The number of hydrogen-bond acceptors (Lipinski definition) is 4. The first-order chi connectivity index (χ1) is 8.76. The molecule has 1 aromatic heterocycles. The van der Waals surface area contributed by atoms with E-state index in [1.807, 2.05) is 25.2 Å². The molecule has 2 rings (SSSR count). The zero-order valence-corrected chi connectivity index (χ0v) is 11.0. The molecule has 1 aromatic carbocycles. The third-order valence-corrected chi connectivity index (χ3v) is 2.87. The molecule has 0 saturated heterocycles. The first-order valence-electron chi connectivity index (χ1n) is 5.99. The summed E-state index contributed by atoms with van der Waals surface area (Å²) in [4.78, 5) is 0. The molecule has 1 heterocycles. The average molecular weight is 246 g/mol. The number of benzene rings is 1. The molecule has 0 aliphatic rings. The van der Waals surface area contributed by atoms with Gasteiger partial charge in [-0.3, -0.25) is 0 Å². The highest BCUT2D eigenvalue weighted by Crippen LogP contribution is 2.26. The molecule has 0 atom stereocenters. The van der Waals surface area contributed by atoms with Gasteiger partial charge in [0, 0.05) is 19.2 Å². The van der Waals surface area contributed by atoms with E-state index in [-0.39, 0.29) is 0 Å². The average Bonchev–Trinajstić information content (AvgIpc) is 2.82. The Balaban J connectivity index is 2.42. The molecule has 0 saturated carbocycles. The number of hydrogen-bond donors (Lipinski definition) is 1. The van der Waals surface area contributed by atoms with Crippen LogP contribution in [0.2, 0.25) is 0 Å². The fourth-order valence-electron chi connectivity index (χ4n) is 1.89. The molecule has 96 valence electrons. The fourth-order valence-corrected chi connectivity index (χ4v) is 1.89. The highest BCUT2D eigenvalue weighted by atomic mass is 16.5. The Morgan fingerprint density at radius 2 is 2.22 bits per heavy atom. The van der Waals surface area contributed by atoms with Crippen LogP contribution in [0, 0.1) is 0 Å². The van der Waals surface area contributed by atoms with Crippen molar-refractivity contribution in [1.29, 1.82) is 0 Å². The summed E-state index contributed by atoms with van der Waals surface area (Å²) in [6.07, 6.45) is 1.78. The minimum atomic E-state index is 0.800. The molecular formula is C13H18N4O. The summed E-state index contributed by atoms with van der Waals surface area (Å²) in [5.41, 5.74) is 3.32. The predicted octanol–water partition coefficient (Wildman–Crippen LogP) is 1.60. The molecule has 0 amide bonds. The Kier molecular flexibility index (Phi) is 3.94. The molecule has 2 aromatic rings. The van der Waals surface area contributed by atoms with E-state index in [4.69, 9.17) is 4.74 Å². The van der Waals surface area contributed by atoms with Crippen LogP contribution in [0.3, 0.4) is 0 Å².